The third kappa shape index (κ3) is 2.73. The van der Waals surface area contributed by atoms with Gasteiger partial charge in [0.25, 0.3) is 0 Å². The monoisotopic (exact) mass is 416 g/mol. The summed E-state index contributed by atoms with van der Waals surface area (Å²) in [4.78, 5) is 40.7. The van der Waals surface area contributed by atoms with Gasteiger partial charge >= 0.3 is 0 Å². The molecule has 0 aromatic carbocycles. The number of carbonyl (C=O) groups is 3. The maximum Gasteiger partial charge on any atom is 0.183 e. The predicted octanol–water partition coefficient (Wildman–Crippen LogP) is 4.34. The Hall–Kier alpha value is -1.75. The van der Waals surface area contributed by atoms with Crippen LogP contribution in [-0.2, 0) is 14.4 Å². The molecule has 0 heterocycles. The van der Waals surface area contributed by atoms with Crippen LogP contribution in [0, 0.1) is 34.0 Å². The largest absolute Gasteiger partial charge is 0.510 e. The van der Waals surface area contributed by atoms with Crippen LogP contribution < -0.4 is 0 Å². The van der Waals surface area contributed by atoms with Crippen molar-refractivity contribution in [3.8, 4) is 0 Å². The molecule has 2 N–H and O–H groups in total. The van der Waals surface area contributed by atoms with Crippen LogP contribution in [0.1, 0.15) is 74.7 Å². The Morgan fingerprint density at radius 1 is 1.20 bits per heavy atom. The Kier molecular flexibility index (Phi) is 5.06. The smallest absolute Gasteiger partial charge is 0.183 e. The van der Waals surface area contributed by atoms with Gasteiger partial charge in [0.05, 0.1) is 16.4 Å². The summed E-state index contributed by atoms with van der Waals surface area (Å²) in [5.74, 6) is -2.57. The number of rotatable bonds is 5. The standard InChI is InChI=1S/C25H36O5/c1-13(2)9-10-24-11-16-22(5,6)15(23(7,8)30)12-25(16,21(24)29)20(28)17(19(24)27)18(26)14(3)4/h9,14-16,28,30H,10-12H2,1-8H3/t15?,16-,24?,25+/m0/s1. The van der Waals surface area contributed by atoms with E-state index in [1.165, 1.54) is 0 Å². The van der Waals surface area contributed by atoms with Crippen molar-refractivity contribution in [2.24, 2.45) is 34.0 Å². The van der Waals surface area contributed by atoms with Crippen molar-refractivity contribution in [1.29, 1.82) is 0 Å². The first-order valence-corrected chi connectivity index (χ1v) is 11.0. The van der Waals surface area contributed by atoms with Gasteiger partial charge in [-0.3, -0.25) is 14.4 Å². The van der Waals surface area contributed by atoms with E-state index in [0.29, 0.717) is 6.42 Å². The topological polar surface area (TPSA) is 91.7 Å². The average Bonchev–Trinajstić information content (AvgIpc) is 2.97. The Balaban J connectivity index is 2.32. The molecule has 0 radical (unpaired) electrons. The Bertz CT molecular complexity index is 878. The molecule has 5 heteroatoms. The summed E-state index contributed by atoms with van der Waals surface area (Å²) in [6, 6.07) is 0. The number of hydrogen-bond acceptors (Lipinski definition) is 5. The van der Waals surface area contributed by atoms with E-state index in [1.54, 1.807) is 27.7 Å². The number of Topliss-reactive ketones (excluding diaryl/α,β-unsaturated/α-hetero) is 3. The molecule has 30 heavy (non-hydrogen) atoms. The van der Waals surface area contributed by atoms with Crippen LogP contribution in [-0.4, -0.2) is 33.2 Å². The van der Waals surface area contributed by atoms with Crippen LogP contribution in [0.2, 0.25) is 0 Å². The summed E-state index contributed by atoms with van der Waals surface area (Å²) < 4.78 is 0. The van der Waals surface area contributed by atoms with Gasteiger partial charge in [-0.2, -0.15) is 0 Å². The number of fused-ring (bicyclic) bond motifs is 1. The summed E-state index contributed by atoms with van der Waals surface area (Å²) in [7, 11) is 0. The highest BCUT2D eigenvalue weighted by atomic mass is 16.3. The molecule has 2 bridgehead atoms. The van der Waals surface area contributed by atoms with Crippen molar-refractivity contribution in [1.82, 2.24) is 0 Å². The first kappa shape index (κ1) is 22.9. The van der Waals surface area contributed by atoms with Crippen molar-refractivity contribution < 1.29 is 24.6 Å². The van der Waals surface area contributed by atoms with E-state index in [1.807, 2.05) is 33.8 Å². The van der Waals surface area contributed by atoms with Crippen molar-refractivity contribution in [3.05, 3.63) is 23.0 Å². The van der Waals surface area contributed by atoms with Gasteiger partial charge in [-0.05, 0) is 64.2 Å². The van der Waals surface area contributed by atoms with Crippen molar-refractivity contribution in [2.75, 3.05) is 0 Å². The van der Waals surface area contributed by atoms with Gasteiger partial charge in [-0.15, -0.1) is 0 Å². The fraction of sp³-hybridized carbons (Fsp3) is 0.720. The second kappa shape index (κ2) is 6.62. The van der Waals surface area contributed by atoms with E-state index in [-0.39, 0.29) is 41.8 Å². The lowest BCUT2D eigenvalue weighted by atomic mass is 9.62. The number of allylic oxidation sites excluding steroid dienone is 4. The lowest BCUT2D eigenvalue weighted by Crippen LogP contribution is -2.50. The molecule has 2 saturated carbocycles. The van der Waals surface area contributed by atoms with Gasteiger partial charge in [-0.1, -0.05) is 39.3 Å². The minimum atomic E-state index is -1.31. The van der Waals surface area contributed by atoms with Crippen molar-refractivity contribution >= 4 is 17.3 Å². The normalized spacial score (nSPS) is 35.1. The van der Waals surface area contributed by atoms with Gasteiger partial charge in [0.1, 0.15) is 11.3 Å². The minimum absolute atomic E-state index is 0.179. The van der Waals surface area contributed by atoms with Gasteiger partial charge in [0, 0.05) is 5.92 Å². The molecule has 166 valence electrons. The Morgan fingerprint density at radius 2 is 1.77 bits per heavy atom. The first-order chi connectivity index (χ1) is 13.5. The molecular formula is C25H36O5. The van der Waals surface area contributed by atoms with E-state index in [0.717, 1.165) is 5.57 Å². The third-order valence-electron chi connectivity index (χ3n) is 8.11. The molecular weight excluding hydrogens is 380 g/mol. The maximum absolute atomic E-state index is 14.0. The Morgan fingerprint density at radius 3 is 2.23 bits per heavy atom. The molecule has 0 amide bonds. The zero-order valence-electron chi connectivity index (χ0n) is 19.5. The fourth-order valence-electron chi connectivity index (χ4n) is 6.62. The lowest BCUT2D eigenvalue weighted by Gasteiger charge is -2.40. The lowest BCUT2D eigenvalue weighted by molar-refractivity contribution is -0.144. The van der Waals surface area contributed by atoms with Crippen molar-refractivity contribution in [2.45, 2.75) is 80.3 Å². The van der Waals surface area contributed by atoms with Crippen LogP contribution in [0.15, 0.2) is 23.0 Å². The van der Waals surface area contributed by atoms with E-state index < -0.39 is 39.3 Å². The molecule has 0 saturated heterocycles. The van der Waals surface area contributed by atoms with Gasteiger partial charge in [-0.25, -0.2) is 0 Å². The number of carbonyl (C=O) groups excluding carboxylic acids is 3. The molecule has 2 unspecified atom stereocenters. The van der Waals surface area contributed by atoms with Gasteiger partial charge < -0.3 is 10.2 Å². The second-order valence-corrected chi connectivity index (χ2v) is 11.4. The van der Waals surface area contributed by atoms with Crippen LogP contribution in [0.5, 0.6) is 0 Å². The van der Waals surface area contributed by atoms with Gasteiger partial charge in [0.15, 0.2) is 17.3 Å². The molecule has 0 aromatic heterocycles. The highest BCUT2D eigenvalue weighted by molar-refractivity contribution is 6.32. The van der Waals surface area contributed by atoms with E-state index in [2.05, 4.69) is 0 Å². The molecule has 2 fully saturated rings. The van der Waals surface area contributed by atoms with Crippen LogP contribution in [0.25, 0.3) is 0 Å². The Labute approximate surface area is 179 Å². The number of aliphatic hydroxyl groups excluding tert-OH is 1. The van der Waals surface area contributed by atoms with E-state index >= 15 is 0 Å². The third-order valence-corrected chi connectivity index (χ3v) is 8.11. The predicted molar refractivity (Wildman–Crippen MR) is 115 cm³/mol. The summed E-state index contributed by atoms with van der Waals surface area (Å²) in [5, 5.41) is 22.3. The minimum Gasteiger partial charge on any atom is -0.510 e. The first-order valence-electron chi connectivity index (χ1n) is 11.0. The molecule has 0 aromatic rings. The zero-order valence-corrected chi connectivity index (χ0v) is 19.5. The highest BCUT2D eigenvalue weighted by Crippen LogP contribution is 2.73. The number of aliphatic hydroxyl groups is 2. The van der Waals surface area contributed by atoms with Crippen LogP contribution >= 0.6 is 0 Å². The van der Waals surface area contributed by atoms with E-state index in [9.17, 15) is 24.6 Å². The molecule has 1 spiro atoms. The maximum atomic E-state index is 14.0. The molecule has 4 atom stereocenters. The summed E-state index contributed by atoms with van der Waals surface area (Å²) in [6.07, 6.45) is 2.69. The number of ketones is 3. The second-order valence-electron chi connectivity index (χ2n) is 11.4. The molecule has 0 aliphatic heterocycles. The molecule has 3 aliphatic rings. The SMILES string of the molecule is CC(C)=CCC12C[C@H]3C(C)(C)C(C(C)(C)O)C[C@]3(C1=O)C(O)=C(C(=O)C(C)C)C2=O. The quantitative estimate of drug-likeness (QED) is 0.395. The zero-order chi connectivity index (χ0) is 23.0. The highest BCUT2D eigenvalue weighted by Gasteiger charge is 2.78. The summed E-state index contributed by atoms with van der Waals surface area (Å²) >= 11 is 0. The molecule has 5 nitrogen and oxygen atoms in total. The van der Waals surface area contributed by atoms with Crippen LogP contribution in [0.4, 0.5) is 0 Å². The molecule has 3 rings (SSSR count). The molecule has 3 aliphatic carbocycles. The van der Waals surface area contributed by atoms with Crippen molar-refractivity contribution in [3.63, 3.8) is 0 Å². The average molecular weight is 417 g/mol. The van der Waals surface area contributed by atoms with E-state index in [4.69, 9.17) is 0 Å². The van der Waals surface area contributed by atoms with Gasteiger partial charge in [0.2, 0.25) is 0 Å². The summed E-state index contributed by atoms with van der Waals surface area (Å²) in [6.45, 7) is 14.7. The summed E-state index contributed by atoms with van der Waals surface area (Å²) in [5.41, 5.74) is -3.32. The number of hydrogen-bond donors (Lipinski definition) is 2. The fourth-order valence-corrected chi connectivity index (χ4v) is 6.62. The van der Waals surface area contributed by atoms with Crippen LogP contribution in [0.3, 0.4) is 0 Å².